The van der Waals surface area contributed by atoms with Gasteiger partial charge in [0.25, 0.3) is 11.8 Å². The maximum atomic E-state index is 12.4. The number of nitrogens with one attached hydrogen (secondary N) is 2. The first-order valence-electron chi connectivity index (χ1n) is 9.50. The van der Waals surface area contributed by atoms with Gasteiger partial charge in [-0.05, 0) is 86.0 Å². The SMILES string of the molecule is Cc1cc(Cl)ccc1NC(=O)c1ccc(OCC(=O)Nc2cccc(C)c2C)cc1. The lowest BCUT2D eigenvalue weighted by atomic mass is 10.1. The summed E-state index contributed by atoms with van der Waals surface area (Å²) in [4.78, 5) is 24.6. The molecular formula is C24H23ClN2O3. The third kappa shape index (κ3) is 5.39. The number of carbonyl (C=O) groups excluding carboxylic acids is 2. The Labute approximate surface area is 181 Å². The number of carbonyl (C=O) groups is 2. The van der Waals surface area contributed by atoms with E-state index >= 15 is 0 Å². The van der Waals surface area contributed by atoms with Crippen molar-refractivity contribution >= 4 is 34.8 Å². The van der Waals surface area contributed by atoms with Gasteiger partial charge in [-0.1, -0.05) is 23.7 Å². The van der Waals surface area contributed by atoms with Gasteiger partial charge in [-0.25, -0.2) is 0 Å². The average Bonchev–Trinajstić information content (AvgIpc) is 2.72. The largest absolute Gasteiger partial charge is 0.484 e. The molecule has 0 unspecified atom stereocenters. The van der Waals surface area contributed by atoms with E-state index in [1.807, 2.05) is 39.0 Å². The molecule has 3 aromatic carbocycles. The van der Waals surface area contributed by atoms with Crippen LogP contribution in [-0.2, 0) is 4.79 Å². The van der Waals surface area contributed by atoms with Crippen LogP contribution in [0.3, 0.4) is 0 Å². The predicted molar refractivity (Wildman–Crippen MR) is 121 cm³/mol. The van der Waals surface area contributed by atoms with Crippen molar-refractivity contribution in [1.82, 2.24) is 0 Å². The van der Waals surface area contributed by atoms with E-state index in [0.717, 1.165) is 22.4 Å². The number of hydrogen-bond donors (Lipinski definition) is 2. The molecule has 0 saturated carbocycles. The molecule has 0 fully saturated rings. The number of anilines is 2. The van der Waals surface area contributed by atoms with Gasteiger partial charge in [-0.2, -0.15) is 0 Å². The molecule has 154 valence electrons. The van der Waals surface area contributed by atoms with Gasteiger partial charge in [0.2, 0.25) is 0 Å². The van der Waals surface area contributed by atoms with Gasteiger partial charge in [0.15, 0.2) is 6.61 Å². The van der Waals surface area contributed by atoms with E-state index in [2.05, 4.69) is 10.6 Å². The highest BCUT2D eigenvalue weighted by atomic mass is 35.5. The predicted octanol–water partition coefficient (Wildman–Crippen LogP) is 5.54. The van der Waals surface area contributed by atoms with Crippen LogP contribution in [0, 0.1) is 20.8 Å². The van der Waals surface area contributed by atoms with Crippen molar-refractivity contribution < 1.29 is 14.3 Å². The van der Waals surface area contributed by atoms with Crippen molar-refractivity contribution in [3.8, 4) is 5.75 Å². The summed E-state index contributed by atoms with van der Waals surface area (Å²) in [5, 5.41) is 6.33. The molecular weight excluding hydrogens is 400 g/mol. The number of ether oxygens (including phenoxy) is 1. The van der Waals surface area contributed by atoms with Crippen LogP contribution in [-0.4, -0.2) is 18.4 Å². The molecule has 0 bridgehead atoms. The second-order valence-electron chi connectivity index (χ2n) is 7.02. The zero-order valence-corrected chi connectivity index (χ0v) is 17.8. The summed E-state index contributed by atoms with van der Waals surface area (Å²) >= 11 is 5.94. The number of hydrogen-bond acceptors (Lipinski definition) is 3. The van der Waals surface area contributed by atoms with Crippen LogP contribution < -0.4 is 15.4 Å². The van der Waals surface area contributed by atoms with Gasteiger partial charge in [-0.3, -0.25) is 9.59 Å². The first kappa shape index (κ1) is 21.4. The summed E-state index contributed by atoms with van der Waals surface area (Å²) in [5.41, 5.74) is 4.97. The molecule has 3 aromatic rings. The Kier molecular flexibility index (Phi) is 6.75. The summed E-state index contributed by atoms with van der Waals surface area (Å²) in [6.45, 7) is 5.71. The second kappa shape index (κ2) is 9.46. The van der Waals surface area contributed by atoms with Gasteiger partial charge in [-0.15, -0.1) is 0 Å². The molecule has 0 saturated heterocycles. The van der Waals surface area contributed by atoms with E-state index in [4.69, 9.17) is 16.3 Å². The highest BCUT2D eigenvalue weighted by Gasteiger charge is 2.10. The molecule has 0 aliphatic rings. The van der Waals surface area contributed by atoms with Gasteiger partial charge in [0, 0.05) is 22.0 Å². The van der Waals surface area contributed by atoms with Crippen LogP contribution >= 0.6 is 11.6 Å². The monoisotopic (exact) mass is 422 g/mol. The molecule has 2 amide bonds. The van der Waals surface area contributed by atoms with E-state index in [9.17, 15) is 9.59 Å². The topological polar surface area (TPSA) is 67.4 Å². The standard InChI is InChI=1S/C24H23ClN2O3/c1-15-5-4-6-22(17(15)3)26-23(28)14-30-20-10-7-18(8-11-20)24(29)27-21-12-9-19(25)13-16(21)2/h4-13H,14H2,1-3H3,(H,26,28)(H,27,29). The fourth-order valence-electron chi connectivity index (χ4n) is 2.89. The number of rotatable bonds is 6. The maximum absolute atomic E-state index is 12.4. The Balaban J connectivity index is 1.55. The Hall–Kier alpha value is -3.31. The molecule has 5 nitrogen and oxygen atoms in total. The molecule has 0 radical (unpaired) electrons. The van der Waals surface area contributed by atoms with Crippen LogP contribution in [0.15, 0.2) is 60.7 Å². The van der Waals surface area contributed by atoms with Crippen molar-refractivity contribution in [2.45, 2.75) is 20.8 Å². The Bertz CT molecular complexity index is 1080. The Morgan fingerprint density at radius 1 is 0.867 bits per heavy atom. The second-order valence-corrected chi connectivity index (χ2v) is 7.46. The fraction of sp³-hybridized carbons (Fsp3) is 0.167. The number of halogens is 1. The normalized spacial score (nSPS) is 10.4. The minimum atomic E-state index is -0.247. The van der Waals surface area contributed by atoms with Gasteiger partial charge >= 0.3 is 0 Å². The molecule has 0 heterocycles. The van der Waals surface area contributed by atoms with E-state index in [-0.39, 0.29) is 18.4 Å². The molecule has 2 N–H and O–H groups in total. The molecule has 6 heteroatoms. The van der Waals surface area contributed by atoms with Crippen molar-refractivity contribution in [3.63, 3.8) is 0 Å². The molecule has 0 aliphatic heterocycles. The van der Waals surface area contributed by atoms with Crippen molar-refractivity contribution in [2.24, 2.45) is 0 Å². The van der Waals surface area contributed by atoms with E-state index in [0.29, 0.717) is 22.0 Å². The summed E-state index contributed by atoms with van der Waals surface area (Å²) < 4.78 is 5.54. The van der Waals surface area contributed by atoms with Gasteiger partial charge < -0.3 is 15.4 Å². The first-order chi connectivity index (χ1) is 14.3. The van der Waals surface area contributed by atoms with Gasteiger partial charge in [0.05, 0.1) is 0 Å². The highest BCUT2D eigenvalue weighted by molar-refractivity contribution is 6.30. The summed E-state index contributed by atoms with van der Waals surface area (Å²) in [5.74, 6) is 0.0220. The zero-order valence-electron chi connectivity index (χ0n) is 17.1. The van der Waals surface area contributed by atoms with E-state index < -0.39 is 0 Å². The lowest BCUT2D eigenvalue weighted by Gasteiger charge is -2.12. The fourth-order valence-corrected chi connectivity index (χ4v) is 3.11. The maximum Gasteiger partial charge on any atom is 0.262 e. The molecule has 0 aromatic heterocycles. The van der Waals surface area contributed by atoms with Crippen molar-refractivity contribution in [3.05, 3.63) is 87.9 Å². The Morgan fingerprint density at radius 2 is 1.60 bits per heavy atom. The lowest BCUT2D eigenvalue weighted by molar-refractivity contribution is -0.118. The number of amides is 2. The van der Waals surface area contributed by atoms with Gasteiger partial charge in [0.1, 0.15) is 5.75 Å². The quantitative estimate of drug-likeness (QED) is 0.548. The molecule has 30 heavy (non-hydrogen) atoms. The number of benzene rings is 3. The molecule has 0 aliphatic carbocycles. The summed E-state index contributed by atoms with van der Waals surface area (Å²) in [7, 11) is 0. The average molecular weight is 423 g/mol. The molecule has 0 spiro atoms. The zero-order chi connectivity index (χ0) is 21.7. The Morgan fingerprint density at radius 3 is 2.30 bits per heavy atom. The summed E-state index contributed by atoms with van der Waals surface area (Å²) in [6.07, 6.45) is 0. The molecule has 3 rings (SSSR count). The lowest BCUT2D eigenvalue weighted by Crippen LogP contribution is -2.20. The van der Waals surface area contributed by atoms with Crippen LogP contribution in [0.25, 0.3) is 0 Å². The van der Waals surface area contributed by atoms with Crippen LogP contribution in [0.2, 0.25) is 5.02 Å². The van der Waals surface area contributed by atoms with Crippen molar-refractivity contribution in [2.75, 3.05) is 17.2 Å². The van der Waals surface area contributed by atoms with Crippen LogP contribution in [0.4, 0.5) is 11.4 Å². The van der Waals surface area contributed by atoms with Crippen LogP contribution in [0.5, 0.6) is 5.75 Å². The van der Waals surface area contributed by atoms with Crippen molar-refractivity contribution in [1.29, 1.82) is 0 Å². The minimum absolute atomic E-state index is 0.122. The smallest absolute Gasteiger partial charge is 0.262 e. The molecule has 0 atom stereocenters. The summed E-state index contributed by atoms with van der Waals surface area (Å²) in [6, 6.07) is 17.7. The highest BCUT2D eigenvalue weighted by Crippen LogP contribution is 2.21. The minimum Gasteiger partial charge on any atom is -0.484 e. The third-order valence-corrected chi connectivity index (χ3v) is 5.04. The number of aryl methyl sites for hydroxylation is 2. The first-order valence-corrected chi connectivity index (χ1v) is 9.87. The van der Waals surface area contributed by atoms with E-state index in [1.54, 1.807) is 42.5 Å². The van der Waals surface area contributed by atoms with Crippen LogP contribution in [0.1, 0.15) is 27.0 Å². The van der Waals surface area contributed by atoms with E-state index in [1.165, 1.54) is 0 Å². The third-order valence-electron chi connectivity index (χ3n) is 4.80.